The summed E-state index contributed by atoms with van der Waals surface area (Å²) in [6.07, 6.45) is 0.457. The number of nitrogens with zero attached hydrogens (tertiary/aromatic N) is 3. The SMILES string of the molecule is CCOCCN1C(=N)C(N2C(=O)c3cccc(N(C)C)c3C2=O)CCC1=O. The number of amides is 3. The molecule has 0 aliphatic carbocycles. The molecule has 1 unspecified atom stereocenters. The molecule has 0 radical (unpaired) electrons. The first-order chi connectivity index (χ1) is 12.9. The molecule has 0 spiro atoms. The lowest BCUT2D eigenvalue weighted by atomic mass is 10.0. The van der Waals surface area contributed by atoms with E-state index in [2.05, 4.69) is 0 Å². The lowest BCUT2D eigenvalue weighted by Gasteiger charge is -2.36. The van der Waals surface area contributed by atoms with Gasteiger partial charge in [-0.2, -0.15) is 0 Å². The second kappa shape index (κ2) is 7.48. The number of ether oxygens (including phenoxy) is 1. The van der Waals surface area contributed by atoms with Gasteiger partial charge in [-0.25, -0.2) is 0 Å². The van der Waals surface area contributed by atoms with Gasteiger partial charge in [0.15, 0.2) is 0 Å². The zero-order chi connectivity index (χ0) is 19.7. The number of anilines is 1. The minimum absolute atomic E-state index is 0.0214. The zero-order valence-electron chi connectivity index (χ0n) is 15.8. The van der Waals surface area contributed by atoms with Crippen molar-refractivity contribution in [2.45, 2.75) is 25.8 Å². The Hall–Kier alpha value is -2.74. The average Bonchev–Trinajstić information content (AvgIpc) is 2.89. The van der Waals surface area contributed by atoms with Gasteiger partial charge in [-0.3, -0.25) is 29.6 Å². The Morgan fingerprint density at radius 3 is 2.63 bits per heavy atom. The summed E-state index contributed by atoms with van der Waals surface area (Å²) < 4.78 is 5.29. The predicted octanol–water partition coefficient (Wildman–Crippen LogP) is 1.35. The fourth-order valence-electron chi connectivity index (χ4n) is 3.58. The first-order valence-corrected chi connectivity index (χ1v) is 9.03. The highest BCUT2D eigenvalue weighted by molar-refractivity contribution is 6.25. The van der Waals surface area contributed by atoms with Gasteiger partial charge in [0.05, 0.1) is 30.3 Å². The Morgan fingerprint density at radius 2 is 1.96 bits per heavy atom. The number of hydrogen-bond acceptors (Lipinski definition) is 6. The molecule has 3 rings (SSSR count). The number of carbonyl (C=O) groups is 3. The highest BCUT2D eigenvalue weighted by Crippen LogP contribution is 2.34. The number of benzene rings is 1. The van der Waals surface area contributed by atoms with Crippen LogP contribution in [0.1, 0.15) is 40.5 Å². The Bertz CT molecular complexity index is 805. The van der Waals surface area contributed by atoms with E-state index in [1.807, 2.05) is 21.0 Å². The molecule has 0 aromatic heterocycles. The maximum absolute atomic E-state index is 13.1. The number of hydrogen-bond donors (Lipinski definition) is 1. The van der Waals surface area contributed by atoms with Crippen LogP contribution >= 0.6 is 0 Å². The van der Waals surface area contributed by atoms with Gasteiger partial charge in [0.1, 0.15) is 5.84 Å². The standard InChI is InChI=1S/C19H24N4O4/c1-4-27-11-10-22-15(24)9-8-14(17(22)20)23-18(25)12-6-5-7-13(21(2)3)16(12)19(23)26/h5-7,14,20H,4,8-11H2,1-3H3. The van der Waals surface area contributed by atoms with E-state index in [1.54, 1.807) is 23.1 Å². The lowest BCUT2D eigenvalue weighted by molar-refractivity contribution is -0.129. The predicted molar refractivity (Wildman–Crippen MR) is 100 cm³/mol. The molecule has 1 N–H and O–H groups in total. The summed E-state index contributed by atoms with van der Waals surface area (Å²) in [5.74, 6) is -1.02. The third-order valence-electron chi connectivity index (χ3n) is 4.92. The normalized spacial score (nSPS) is 19.7. The molecule has 8 nitrogen and oxygen atoms in total. The highest BCUT2D eigenvalue weighted by atomic mass is 16.5. The summed E-state index contributed by atoms with van der Waals surface area (Å²) in [5.41, 5.74) is 1.37. The van der Waals surface area contributed by atoms with E-state index >= 15 is 0 Å². The number of fused-ring (bicyclic) bond motifs is 1. The van der Waals surface area contributed by atoms with Crippen LogP contribution in [0.25, 0.3) is 0 Å². The molecule has 3 amide bonds. The van der Waals surface area contributed by atoms with Crippen LogP contribution in [0, 0.1) is 5.41 Å². The van der Waals surface area contributed by atoms with Gasteiger partial charge in [0.2, 0.25) is 5.91 Å². The van der Waals surface area contributed by atoms with Crippen LogP contribution in [0.3, 0.4) is 0 Å². The van der Waals surface area contributed by atoms with Crippen molar-refractivity contribution in [2.24, 2.45) is 0 Å². The number of carbonyl (C=O) groups excluding carboxylic acids is 3. The van der Waals surface area contributed by atoms with Crippen molar-refractivity contribution in [3.8, 4) is 0 Å². The molecular weight excluding hydrogens is 348 g/mol. The molecule has 0 bridgehead atoms. The summed E-state index contributed by atoms with van der Waals surface area (Å²) in [7, 11) is 3.62. The smallest absolute Gasteiger partial charge is 0.264 e. The monoisotopic (exact) mass is 372 g/mol. The quantitative estimate of drug-likeness (QED) is 0.601. The third kappa shape index (κ3) is 3.21. The summed E-state index contributed by atoms with van der Waals surface area (Å²) in [5, 5.41) is 8.45. The van der Waals surface area contributed by atoms with E-state index in [9.17, 15) is 14.4 Å². The zero-order valence-corrected chi connectivity index (χ0v) is 15.8. The largest absolute Gasteiger partial charge is 0.380 e. The fourth-order valence-corrected chi connectivity index (χ4v) is 3.58. The van der Waals surface area contributed by atoms with Gasteiger partial charge < -0.3 is 9.64 Å². The molecule has 27 heavy (non-hydrogen) atoms. The van der Waals surface area contributed by atoms with E-state index in [0.29, 0.717) is 30.0 Å². The van der Waals surface area contributed by atoms with Crippen molar-refractivity contribution in [1.82, 2.24) is 9.80 Å². The Balaban J connectivity index is 1.89. The van der Waals surface area contributed by atoms with Gasteiger partial charge in [-0.1, -0.05) is 6.07 Å². The second-order valence-corrected chi connectivity index (χ2v) is 6.76. The van der Waals surface area contributed by atoms with Crippen LogP contribution in [0.5, 0.6) is 0 Å². The fraction of sp³-hybridized carbons (Fsp3) is 0.474. The topological polar surface area (TPSA) is 94.0 Å². The van der Waals surface area contributed by atoms with Crippen molar-refractivity contribution in [1.29, 1.82) is 5.41 Å². The summed E-state index contributed by atoms with van der Waals surface area (Å²) in [6, 6.07) is 4.42. The second-order valence-electron chi connectivity index (χ2n) is 6.76. The van der Waals surface area contributed by atoms with Gasteiger partial charge in [-0.05, 0) is 25.5 Å². The molecular formula is C19H24N4O4. The van der Waals surface area contributed by atoms with E-state index in [0.717, 1.165) is 4.90 Å². The molecule has 0 saturated carbocycles. The van der Waals surface area contributed by atoms with Crippen molar-refractivity contribution < 1.29 is 19.1 Å². The number of amidine groups is 1. The molecule has 2 aliphatic heterocycles. The van der Waals surface area contributed by atoms with Crippen molar-refractivity contribution in [3.05, 3.63) is 29.3 Å². The highest BCUT2D eigenvalue weighted by Gasteiger charge is 2.46. The van der Waals surface area contributed by atoms with Gasteiger partial charge in [0, 0.05) is 32.8 Å². The first-order valence-electron chi connectivity index (χ1n) is 9.03. The summed E-state index contributed by atoms with van der Waals surface area (Å²) in [4.78, 5) is 42.5. The molecule has 2 heterocycles. The molecule has 1 aromatic rings. The lowest BCUT2D eigenvalue weighted by Crippen LogP contribution is -2.56. The van der Waals surface area contributed by atoms with E-state index in [1.165, 1.54) is 4.90 Å². The molecule has 1 fully saturated rings. The van der Waals surface area contributed by atoms with Crippen molar-refractivity contribution in [3.63, 3.8) is 0 Å². The van der Waals surface area contributed by atoms with Crippen molar-refractivity contribution >= 4 is 29.2 Å². The maximum Gasteiger partial charge on any atom is 0.264 e. The number of likely N-dealkylation sites (tertiary alicyclic amines) is 1. The van der Waals surface area contributed by atoms with Crippen LogP contribution in [-0.2, 0) is 9.53 Å². The molecule has 1 aromatic carbocycles. The van der Waals surface area contributed by atoms with Crippen molar-refractivity contribution in [2.75, 3.05) is 38.8 Å². The van der Waals surface area contributed by atoms with Crippen LogP contribution < -0.4 is 4.90 Å². The maximum atomic E-state index is 13.1. The minimum Gasteiger partial charge on any atom is -0.380 e. The minimum atomic E-state index is -0.744. The number of piperidine rings is 1. The number of imide groups is 1. The Labute approximate surface area is 158 Å². The summed E-state index contributed by atoms with van der Waals surface area (Å²) in [6.45, 7) is 2.93. The van der Waals surface area contributed by atoms with E-state index in [-0.39, 0.29) is 31.1 Å². The Morgan fingerprint density at radius 1 is 1.22 bits per heavy atom. The number of nitrogens with one attached hydrogen (secondary N) is 1. The molecule has 1 atom stereocenters. The molecule has 144 valence electrons. The van der Waals surface area contributed by atoms with Crippen LogP contribution in [0.15, 0.2) is 18.2 Å². The number of rotatable bonds is 6. The van der Waals surface area contributed by atoms with Gasteiger partial charge >= 0.3 is 0 Å². The van der Waals surface area contributed by atoms with Gasteiger partial charge in [0.25, 0.3) is 11.8 Å². The Kier molecular flexibility index (Phi) is 5.27. The molecule has 1 saturated heterocycles. The van der Waals surface area contributed by atoms with Crippen LogP contribution in [0.4, 0.5) is 5.69 Å². The third-order valence-corrected chi connectivity index (χ3v) is 4.92. The van der Waals surface area contributed by atoms with Gasteiger partial charge in [-0.15, -0.1) is 0 Å². The van der Waals surface area contributed by atoms with E-state index in [4.69, 9.17) is 10.1 Å². The van der Waals surface area contributed by atoms with Crippen LogP contribution in [-0.4, -0.2) is 73.3 Å². The first kappa shape index (κ1) is 19.0. The van der Waals surface area contributed by atoms with Crippen LogP contribution in [0.2, 0.25) is 0 Å². The molecule has 2 aliphatic rings. The average molecular weight is 372 g/mol. The summed E-state index contributed by atoms with van der Waals surface area (Å²) >= 11 is 0. The molecule has 8 heteroatoms. The van der Waals surface area contributed by atoms with E-state index < -0.39 is 17.9 Å².